The first kappa shape index (κ1) is 15.5. The van der Waals surface area contributed by atoms with Crippen LogP contribution in [0.5, 0.6) is 0 Å². The number of aliphatic carboxylic acids is 1. The monoisotopic (exact) mass is 275 g/mol. The van der Waals surface area contributed by atoms with Crippen LogP contribution in [0.4, 0.5) is 4.79 Å². The fourth-order valence-electron chi connectivity index (χ4n) is 1.52. The molecule has 2 amide bonds. The number of carbonyl (C=O) groups is 2. The van der Waals surface area contributed by atoms with E-state index >= 15 is 0 Å². The molecule has 0 aromatic carbocycles. The van der Waals surface area contributed by atoms with Gasteiger partial charge in [0.2, 0.25) is 0 Å². The number of rotatable bonds is 6. The molecule has 6 nitrogen and oxygen atoms in total. The van der Waals surface area contributed by atoms with Crippen LogP contribution in [0.15, 0.2) is 24.5 Å². The largest absolute Gasteiger partial charge is 0.480 e. The number of urea groups is 1. The van der Waals surface area contributed by atoms with E-state index in [2.05, 4.69) is 16.2 Å². The molecule has 0 aliphatic rings. The third-order valence-electron chi connectivity index (χ3n) is 2.75. The Bertz CT molecular complexity index is 496. The Labute approximate surface area is 117 Å². The minimum Gasteiger partial charge on any atom is -0.480 e. The average molecular weight is 275 g/mol. The fourth-order valence-corrected chi connectivity index (χ4v) is 1.52. The van der Waals surface area contributed by atoms with Crippen LogP contribution >= 0.6 is 0 Å². The maximum atomic E-state index is 11.8. The van der Waals surface area contributed by atoms with E-state index in [1.807, 2.05) is 12.1 Å². The van der Waals surface area contributed by atoms with Gasteiger partial charge < -0.3 is 15.3 Å². The van der Waals surface area contributed by atoms with E-state index in [1.165, 1.54) is 4.90 Å². The van der Waals surface area contributed by atoms with Crippen molar-refractivity contribution in [1.29, 1.82) is 0 Å². The Morgan fingerprint density at radius 2 is 2.15 bits per heavy atom. The van der Waals surface area contributed by atoms with Crippen LogP contribution in [0.25, 0.3) is 0 Å². The zero-order valence-corrected chi connectivity index (χ0v) is 11.2. The molecule has 0 radical (unpaired) electrons. The lowest BCUT2D eigenvalue weighted by atomic mass is 10.2. The van der Waals surface area contributed by atoms with Crippen LogP contribution < -0.4 is 5.32 Å². The maximum absolute atomic E-state index is 11.8. The summed E-state index contributed by atoms with van der Waals surface area (Å²) in [6.07, 6.45) is 9.06. The van der Waals surface area contributed by atoms with Gasteiger partial charge in [-0.05, 0) is 24.1 Å². The first-order valence-corrected chi connectivity index (χ1v) is 6.11. The summed E-state index contributed by atoms with van der Waals surface area (Å²) in [5, 5.41) is 11.3. The van der Waals surface area contributed by atoms with Gasteiger partial charge >= 0.3 is 12.0 Å². The highest BCUT2D eigenvalue weighted by Crippen LogP contribution is 2.00. The van der Waals surface area contributed by atoms with Crippen LogP contribution in [-0.2, 0) is 11.2 Å². The quantitative estimate of drug-likeness (QED) is 0.750. The third kappa shape index (κ3) is 4.98. The van der Waals surface area contributed by atoms with Gasteiger partial charge in [-0.3, -0.25) is 4.98 Å². The van der Waals surface area contributed by atoms with Crippen LogP contribution in [0.3, 0.4) is 0 Å². The molecule has 6 heteroatoms. The molecular formula is C14H17N3O3. The molecule has 0 saturated carbocycles. The number of amides is 2. The molecule has 0 bridgehead atoms. The molecule has 1 aromatic rings. The molecule has 1 atom stereocenters. The number of carbonyl (C=O) groups excluding carboxylic acids is 1. The summed E-state index contributed by atoms with van der Waals surface area (Å²) in [6, 6.07) is 2.21. The number of aromatic nitrogens is 1. The molecule has 2 N–H and O–H groups in total. The van der Waals surface area contributed by atoms with Crippen molar-refractivity contribution in [1.82, 2.24) is 15.2 Å². The number of carboxylic acids is 1. The zero-order valence-electron chi connectivity index (χ0n) is 11.2. The van der Waals surface area contributed by atoms with Crippen molar-refractivity contribution in [2.45, 2.75) is 18.9 Å². The van der Waals surface area contributed by atoms with E-state index in [0.717, 1.165) is 5.56 Å². The number of likely N-dealkylation sites (N-methyl/N-ethyl adjacent to an activating group) is 1. The normalized spacial score (nSPS) is 11.2. The zero-order chi connectivity index (χ0) is 15.0. The number of carboxylic acid groups (broad SMARTS) is 1. The molecule has 1 heterocycles. The number of hydrogen-bond acceptors (Lipinski definition) is 3. The predicted molar refractivity (Wildman–Crippen MR) is 74.0 cm³/mol. The van der Waals surface area contributed by atoms with Gasteiger partial charge in [0.25, 0.3) is 0 Å². The second-order valence-electron chi connectivity index (χ2n) is 4.28. The predicted octanol–water partition coefficient (Wildman–Crippen LogP) is 0.742. The molecule has 0 aliphatic heterocycles. The van der Waals surface area contributed by atoms with E-state index < -0.39 is 18.0 Å². The van der Waals surface area contributed by atoms with Crippen LogP contribution in [0.2, 0.25) is 0 Å². The van der Waals surface area contributed by atoms with E-state index in [0.29, 0.717) is 13.0 Å². The van der Waals surface area contributed by atoms with Gasteiger partial charge in [0.15, 0.2) is 0 Å². The van der Waals surface area contributed by atoms with Crippen molar-refractivity contribution in [3.63, 3.8) is 0 Å². The first-order chi connectivity index (χ1) is 9.54. The van der Waals surface area contributed by atoms with Gasteiger partial charge in [0, 0.05) is 32.4 Å². The summed E-state index contributed by atoms with van der Waals surface area (Å²) in [5.74, 6) is 1.09. The molecule has 0 spiro atoms. The number of nitrogens with zero attached hydrogens (tertiary/aromatic N) is 2. The molecule has 0 saturated heterocycles. The average Bonchev–Trinajstić information content (AvgIpc) is 2.45. The van der Waals surface area contributed by atoms with Gasteiger partial charge in [-0.1, -0.05) is 0 Å². The summed E-state index contributed by atoms with van der Waals surface area (Å²) in [7, 11) is 1.60. The first-order valence-electron chi connectivity index (χ1n) is 6.11. The molecule has 1 aromatic heterocycles. The molecule has 106 valence electrons. The molecule has 1 unspecified atom stereocenters. The van der Waals surface area contributed by atoms with Crippen LogP contribution in [0.1, 0.15) is 12.0 Å². The highest BCUT2D eigenvalue weighted by molar-refractivity contribution is 5.82. The van der Waals surface area contributed by atoms with Crippen molar-refractivity contribution in [2.24, 2.45) is 0 Å². The Hall–Kier alpha value is -2.55. The number of terminal acetylenes is 1. The minimum atomic E-state index is -1.14. The molecule has 20 heavy (non-hydrogen) atoms. The lowest BCUT2D eigenvalue weighted by Gasteiger charge is -2.20. The summed E-state index contributed by atoms with van der Waals surface area (Å²) >= 11 is 0. The standard InChI is InChI=1S/C14H17N3O3/c1-3-4-12(13(18)19)16-14(20)17(2)10-7-11-5-8-15-9-6-11/h1,5-6,8-9,12H,4,7,10H2,2H3,(H,16,20)(H,18,19). The summed E-state index contributed by atoms with van der Waals surface area (Å²) < 4.78 is 0. The fraction of sp³-hybridized carbons (Fsp3) is 0.357. The van der Waals surface area contributed by atoms with Crippen LogP contribution in [0, 0.1) is 12.3 Å². The number of pyridine rings is 1. The second-order valence-corrected chi connectivity index (χ2v) is 4.28. The minimum absolute atomic E-state index is 0.0424. The molecular weight excluding hydrogens is 258 g/mol. The van der Waals surface area contributed by atoms with Gasteiger partial charge in [-0.15, -0.1) is 12.3 Å². The second kappa shape index (κ2) is 7.79. The molecule has 1 rings (SSSR count). The van der Waals surface area contributed by atoms with E-state index in [9.17, 15) is 9.59 Å². The Morgan fingerprint density at radius 3 is 2.70 bits per heavy atom. The number of hydrogen-bond donors (Lipinski definition) is 2. The third-order valence-corrected chi connectivity index (χ3v) is 2.75. The lowest BCUT2D eigenvalue weighted by molar-refractivity contribution is -0.139. The summed E-state index contributed by atoms with van der Waals surface area (Å²) in [6.45, 7) is 0.470. The Morgan fingerprint density at radius 1 is 1.50 bits per heavy atom. The van der Waals surface area contributed by atoms with Crippen molar-refractivity contribution in [3.05, 3.63) is 30.1 Å². The topological polar surface area (TPSA) is 82.5 Å². The summed E-state index contributed by atoms with van der Waals surface area (Å²) in [4.78, 5) is 28.0. The van der Waals surface area contributed by atoms with Crippen molar-refractivity contribution < 1.29 is 14.7 Å². The number of nitrogens with one attached hydrogen (secondary N) is 1. The Kier molecular flexibility index (Phi) is 6.04. The van der Waals surface area contributed by atoms with Gasteiger partial charge in [0.1, 0.15) is 6.04 Å². The van der Waals surface area contributed by atoms with Crippen molar-refractivity contribution >= 4 is 12.0 Å². The van der Waals surface area contributed by atoms with E-state index in [4.69, 9.17) is 11.5 Å². The van der Waals surface area contributed by atoms with Gasteiger partial charge in [-0.25, -0.2) is 9.59 Å². The highest BCUT2D eigenvalue weighted by atomic mass is 16.4. The molecule has 0 fully saturated rings. The van der Waals surface area contributed by atoms with Crippen molar-refractivity contribution in [2.75, 3.05) is 13.6 Å². The SMILES string of the molecule is C#CCC(NC(=O)N(C)CCc1ccncc1)C(=O)O. The lowest BCUT2D eigenvalue weighted by Crippen LogP contribution is -2.47. The Balaban J connectivity index is 2.46. The molecule has 0 aliphatic carbocycles. The van der Waals surface area contributed by atoms with E-state index in [-0.39, 0.29) is 6.42 Å². The van der Waals surface area contributed by atoms with Gasteiger partial charge in [0.05, 0.1) is 0 Å². The van der Waals surface area contributed by atoms with Crippen LogP contribution in [-0.4, -0.2) is 46.6 Å². The maximum Gasteiger partial charge on any atom is 0.327 e. The van der Waals surface area contributed by atoms with E-state index in [1.54, 1.807) is 19.4 Å². The van der Waals surface area contributed by atoms with Crippen molar-refractivity contribution in [3.8, 4) is 12.3 Å². The smallest absolute Gasteiger partial charge is 0.327 e. The highest BCUT2D eigenvalue weighted by Gasteiger charge is 2.20. The van der Waals surface area contributed by atoms with Gasteiger partial charge in [-0.2, -0.15) is 0 Å². The summed E-state index contributed by atoms with van der Waals surface area (Å²) in [5.41, 5.74) is 1.05.